The van der Waals surface area contributed by atoms with Gasteiger partial charge in [-0.1, -0.05) is 12.1 Å². The molecule has 0 saturated carbocycles. The van der Waals surface area contributed by atoms with Gasteiger partial charge in [-0.15, -0.1) is 0 Å². The van der Waals surface area contributed by atoms with Crippen LogP contribution in [-0.4, -0.2) is 17.9 Å². The first-order valence-corrected chi connectivity index (χ1v) is 6.47. The zero-order chi connectivity index (χ0) is 15.0. The highest BCUT2D eigenvalue weighted by atomic mass is 19.1. The number of nitrogens with zero attached hydrogens (tertiary/aromatic N) is 1. The van der Waals surface area contributed by atoms with E-state index in [4.69, 9.17) is 5.73 Å². The lowest BCUT2D eigenvalue weighted by molar-refractivity contribution is 0.0988. The van der Waals surface area contributed by atoms with E-state index in [1.807, 2.05) is 6.07 Å². The van der Waals surface area contributed by atoms with Gasteiger partial charge in [-0.25, -0.2) is 4.39 Å². The van der Waals surface area contributed by atoms with E-state index in [2.05, 4.69) is 4.98 Å². The molecule has 0 unspecified atom stereocenters. The fourth-order valence-corrected chi connectivity index (χ4v) is 2.28. The summed E-state index contributed by atoms with van der Waals surface area (Å²) < 4.78 is 13.8. The number of H-pyrrole nitrogens is 1. The smallest absolute Gasteiger partial charge is 0.274 e. The van der Waals surface area contributed by atoms with E-state index < -0.39 is 5.82 Å². The molecule has 0 atom stereocenters. The number of para-hydroxylation sites is 1. The molecule has 3 N–H and O–H groups in total. The Labute approximate surface area is 121 Å². The number of benzene rings is 2. The van der Waals surface area contributed by atoms with Crippen molar-refractivity contribution in [2.45, 2.75) is 0 Å². The molecule has 0 aliphatic carbocycles. The third-order valence-electron chi connectivity index (χ3n) is 3.39. The van der Waals surface area contributed by atoms with Crippen molar-refractivity contribution >= 4 is 28.2 Å². The molecule has 3 rings (SSSR count). The lowest BCUT2D eigenvalue weighted by Gasteiger charge is -2.16. The van der Waals surface area contributed by atoms with Crippen LogP contribution in [0.2, 0.25) is 0 Å². The summed E-state index contributed by atoms with van der Waals surface area (Å²) in [4.78, 5) is 16.8. The van der Waals surface area contributed by atoms with Gasteiger partial charge >= 0.3 is 0 Å². The highest BCUT2D eigenvalue weighted by molar-refractivity contribution is 6.07. The average molecular weight is 283 g/mol. The van der Waals surface area contributed by atoms with Gasteiger partial charge in [0.05, 0.1) is 5.69 Å². The number of amides is 1. The molecule has 21 heavy (non-hydrogen) atoms. The third-order valence-corrected chi connectivity index (χ3v) is 3.39. The van der Waals surface area contributed by atoms with Gasteiger partial charge < -0.3 is 15.6 Å². The summed E-state index contributed by atoms with van der Waals surface area (Å²) in [6, 6.07) is 13.2. The van der Waals surface area contributed by atoms with Gasteiger partial charge in [-0.3, -0.25) is 4.79 Å². The summed E-state index contributed by atoms with van der Waals surface area (Å²) in [5.41, 5.74) is 7.79. The predicted octanol–water partition coefficient (Wildman–Crippen LogP) is 3.17. The molecule has 0 aliphatic rings. The number of nitrogens with one attached hydrogen (secondary N) is 1. The van der Waals surface area contributed by atoms with Gasteiger partial charge in [0.15, 0.2) is 0 Å². The SMILES string of the molecule is CN(C(=O)c1cc2cc(N)ccc2[nH]1)c1ccccc1F. The number of anilines is 2. The van der Waals surface area contributed by atoms with Crippen LogP contribution in [0.5, 0.6) is 0 Å². The highest BCUT2D eigenvalue weighted by Gasteiger charge is 2.18. The molecule has 0 fully saturated rings. The Morgan fingerprint density at radius 3 is 2.71 bits per heavy atom. The fourth-order valence-electron chi connectivity index (χ4n) is 2.28. The lowest BCUT2D eigenvalue weighted by Crippen LogP contribution is -2.27. The van der Waals surface area contributed by atoms with E-state index in [-0.39, 0.29) is 11.6 Å². The van der Waals surface area contributed by atoms with E-state index in [1.165, 1.54) is 11.0 Å². The molecule has 0 saturated heterocycles. The standard InChI is InChI=1S/C16H14FN3O/c1-20(15-5-3-2-4-12(15)17)16(21)14-9-10-8-11(18)6-7-13(10)19-14/h2-9,19H,18H2,1H3. The van der Waals surface area contributed by atoms with Crippen molar-refractivity contribution < 1.29 is 9.18 Å². The van der Waals surface area contributed by atoms with Crippen LogP contribution in [-0.2, 0) is 0 Å². The van der Waals surface area contributed by atoms with Crippen LogP contribution in [0.25, 0.3) is 10.9 Å². The number of carbonyl (C=O) groups excluding carboxylic acids is 1. The molecular weight excluding hydrogens is 269 g/mol. The zero-order valence-corrected chi connectivity index (χ0v) is 11.4. The quantitative estimate of drug-likeness (QED) is 0.710. The number of hydrogen-bond donors (Lipinski definition) is 2. The van der Waals surface area contributed by atoms with Gasteiger partial charge in [0, 0.05) is 23.6 Å². The van der Waals surface area contributed by atoms with Gasteiger partial charge in [0.1, 0.15) is 11.5 Å². The second kappa shape index (κ2) is 4.94. The Kier molecular flexibility index (Phi) is 3.10. The maximum Gasteiger partial charge on any atom is 0.274 e. The van der Waals surface area contributed by atoms with Gasteiger partial charge in [0.2, 0.25) is 0 Å². The van der Waals surface area contributed by atoms with Crippen molar-refractivity contribution in [2.24, 2.45) is 0 Å². The molecule has 106 valence electrons. The normalized spacial score (nSPS) is 10.8. The summed E-state index contributed by atoms with van der Waals surface area (Å²) in [7, 11) is 1.54. The molecule has 0 spiro atoms. The molecule has 2 aromatic carbocycles. The maximum absolute atomic E-state index is 13.8. The van der Waals surface area contributed by atoms with Crippen molar-refractivity contribution in [2.75, 3.05) is 17.7 Å². The largest absolute Gasteiger partial charge is 0.399 e. The summed E-state index contributed by atoms with van der Waals surface area (Å²) in [5.74, 6) is -0.747. The van der Waals surface area contributed by atoms with Gasteiger partial charge in [0.25, 0.3) is 5.91 Å². The molecule has 1 aromatic heterocycles. The minimum atomic E-state index is -0.436. The molecule has 4 nitrogen and oxygen atoms in total. The Morgan fingerprint density at radius 1 is 1.19 bits per heavy atom. The number of rotatable bonds is 2. The molecule has 5 heteroatoms. The van der Waals surface area contributed by atoms with E-state index >= 15 is 0 Å². The summed E-state index contributed by atoms with van der Waals surface area (Å²) in [6.07, 6.45) is 0. The van der Waals surface area contributed by atoms with Crippen LogP contribution in [0.1, 0.15) is 10.5 Å². The first-order chi connectivity index (χ1) is 10.1. The topological polar surface area (TPSA) is 62.1 Å². The zero-order valence-electron chi connectivity index (χ0n) is 11.4. The van der Waals surface area contributed by atoms with E-state index in [9.17, 15) is 9.18 Å². The number of fused-ring (bicyclic) bond motifs is 1. The third kappa shape index (κ3) is 2.33. The van der Waals surface area contributed by atoms with E-state index in [0.29, 0.717) is 11.4 Å². The Morgan fingerprint density at radius 2 is 1.95 bits per heavy atom. The first-order valence-electron chi connectivity index (χ1n) is 6.47. The number of nitrogen functional groups attached to an aromatic ring is 1. The Balaban J connectivity index is 1.98. The lowest BCUT2D eigenvalue weighted by atomic mass is 10.2. The Bertz CT molecular complexity index is 825. The van der Waals surface area contributed by atoms with E-state index in [1.54, 1.807) is 43.4 Å². The van der Waals surface area contributed by atoms with Gasteiger partial charge in [-0.2, -0.15) is 0 Å². The van der Waals surface area contributed by atoms with E-state index in [0.717, 1.165) is 10.9 Å². The molecular formula is C16H14FN3O. The minimum Gasteiger partial charge on any atom is -0.399 e. The second-order valence-corrected chi connectivity index (χ2v) is 4.85. The van der Waals surface area contributed by atoms with Crippen molar-refractivity contribution in [3.63, 3.8) is 0 Å². The molecule has 1 heterocycles. The van der Waals surface area contributed by atoms with Gasteiger partial charge in [-0.05, 0) is 36.4 Å². The maximum atomic E-state index is 13.8. The summed E-state index contributed by atoms with van der Waals surface area (Å²) in [5, 5.41) is 0.847. The second-order valence-electron chi connectivity index (χ2n) is 4.85. The monoisotopic (exact) mass is 283 g/mol. The molecule has 3 aromatic rings. The fraction of sp³-hybridized carbons (Fsp3) is 0.0625. The first kappa shape index (κ1) is 13.2. The number of nitrogens with two attached hydrogens (primary N) is 1. The van der Waals surface area contributed by atoms with Crippen LogP contribution < -0.4 is 10.6 Å². The number of carbonyl (C=O) groups is 1. The minimum absolute atomic E-state index is 0.237. The molecule has 1 amide bonds. The number of hydrogen-bond acceptors (Lipinski definition) is 2. The molecule has 0 bridgehead atoms. The van der Waals surface area contributed by atoms with Crippen LogP contribution in [0.3, 0.4) is 0 Å². The Hall–Kier alpha value is -2.82. The van der Waals surface area contributed by atoms with Crippen LogP contribution >= 0.6 is 0 Å². The van der Waals surface area contributed by atoms with Crippen LogP contribution in [0.15, 0.2) is 48.5 Å². The summed E-state index contributed by atoms with van der Waals surface area (Å²) in [6.45, 7) is 0. The highest BCUT2D eigenvalue weighted by Crippen LogP contribution is 2.22. The molecule has 0 aliphatic heterocycles. The average Bonchev–Trinajstić information content (AvgIpc) is 2.89. The van der Waals surface area contributed by atoms with Crippen LogP contribution in [0.4, 0.5) is 15.8 Å². The van der Waals surface area contributed by atoms with Crippen LogP contribution in [0, 0.1) is 5.82 Å². The number of halogens is 1. The predicted molar refractivity (Wildman–Crippen MR) is 81.8 cm³/mol. The van der Waals surface area contributed by atoms with Crippen molar-refractivity contribution in [3.8, 4) is 0 Å². The van der Waals surface area contributed by atoms with Crippen molar-refractivity contribution in [3.05, 3.63) is 60.0 Å². The number of aromatic amines is 1. The summed E-state index contributed by atoms with van der Waals surface area (Å²) >= 11 is 0. The number of aromatic nitrogens is 1. The van der Waals surface area contributed by atoms with Crippen molar-refractivity contribution in [1.29, 1.82) is 0 Å². The molecule has 0 radical (unpaired) electrons. The van der Waals surface area contributed by atoms with Crippen molar-refractivity contribution in [1.82, 2.24) is 4.98 Å².